The van der Waals surface area contributed by atoms with Gasteiger partial charge in [0, 0.05) is 6.20 Å². The number of carbonyl (C=O) groups is 2. The summed E-state index contributed by atoms with van der Waals surface area (Å²) in [5.41, 5.74) is -0.673. The number of aromatic amines is 1. The van der Waals surface area contributed by atoms with Crippen LogP contribution in [0.2, 0.25) is 5.02 Å². The lowest BCUT2D eigenvalue weighted by Crippen LogP contribution is -2.28. The predicted octanol–water partition coefficient (Wildman–Crippen LogP) is 1.77. The molecule has 0 unspecified atom stereocenters. The summed E-state index contributed by atoms with van der Waals surface area (Å²) < 4.78 is 39.7. The zero-order valence-electron chi connectivity index (χ0n) is 9.81. The Labute approximate surface area is 119 Å². The topological polar surface area (TPSA) is 97.8 Å². The molecule has 0 atom stereocenters. The van der Waals surface area contributed by atoms with Gasteiger partial charge in [-0.15, -0.1) is 5.10 Å². The van der Waals surface area contributed by atoms with E-state index in [0.717, 1.165) is 0 Å². The number of pyridine rings is 1. The quantitative estimate of drug-likeness (QED) is 0.669. The van der Waals surface area contributed by atoms with E-state index in [1.54, 1.807) is 0 Å². The number of carbonyl (C=O) groups excluding carboxylic acids is 2. The van der Waals surface area contributed by atoms with Gasteiger partial charge in [-0.1, -0.05) is 11.6 Å². The molecule has 7 nitrogen and oxygen atoms in total. The van der Waals surface area contributed by atoms with Crippen LogP contribution in [0.15, 0.2) is 18.3 Å². The monoisotopic (exact) mass is 320 g/mol. The minimum Gasteiger partial charge on any atom is -0.381 e. The van der Waals surface area contributed by atoms with Crippen LogP contribution in [0.5, 0.6) is 0 Å². The zero-order valence-corrected chi connectivity index (χ0v) is 10.6. The van der Waals surface area contributed by atoms with Crippen molar-refractivity contribution in [2.24, 2.45) is 0 Å². The maximum absolute atomic E-state index is 12.0. The van der Waals surface area contributed by atoms with Crippen LogP contribution in [0.4, 0.5) is 13.2 Å². The first-order chi connectivity index (χ1) is 9.79. The van der Waals surface area contributed by atoms with Gasteiger partial charge in [-0.25, -0.2) is 9.59 Å². The third kappa shape index (κ3) is 3.34. The number of rotatable bonds is 2. The number of H-pyrrole nitrogens is 1. The summed E-state index contributed by atoms with van der Waals surface area (Å²) in [7, 11) is 0. The Bertz CT molecular complexity index is 684. The van der Waals surface area contributed by atoms with Gasteiger partial charge in [0.2, 0.25) is 0 Å². The van der Waals surface area contributed by atoms with Gasteiger partial charge in [0.1, 0.15) is 5.69 Å². The van der Waals surface area contributed by atoms with Crippen LogP contribution >= 0.6 is 11.6 Å². The number of aromatic nitrogens is 4. The van der Waals surface area contributed by atoms with E-state index in [1.165, 1.54) is 18.3 Å². The highest BCUT2D eigenvalue weighted by molar-refractivity contribution is 6.30. The van der Waals surface area contributed by atoms with Crippen molar-refractivity contribution in [3.8, 4) is 11.4 Å². The molecule has 0 aliphatic heterocycles. The molecular formula is C10H4ClF3N4O3. The molecule has 1 N–H and O–H groups in total. The van der Waals surface area contributed by atoms with Gasteiger partial charge in [0.25, 0.3) is 0 Å². The Balaban J connectivity index is 2.26. The van der Waals surface area contributed by atoms with E-state index in [4.69, 9.17) is 11.6 Å². The molecular weight excluding hydrogens is 317 g/mol. The van der Waals surface area contributed by atoms with Crippen molar-refractivity contribution in [3.63, 3.8) is 0 Å². The first-order valence-electron chi connectivity index (χ1n) is 5.15. The van der Waals surface area contributed by atoms with Crippen LogP contribution in [0.25, 0.3) is 11.4 Å². The number of nitrogens with zero attached hydrogens (tertiary/aromatic N) is 3. The summed E-state index contributed by atoms with van der Waals surface area (Å²) >= 11 is 5.63. The lowest BCUT2D eigenvalue weighted by Gasteiger charge is -2.04. The summed E-state index contributed by atoms with van der Waals surface area (Å²) in [6.45, 7) is 0. The number of hydrogen-bond acceptors (Lipinski definition) is 6. The maximum Gasteiger partial charge on any atom is 0.491 e. The average molecular weight is 321 g/mol. The molecule has 2 heterocycles. The standard InChI is InChI=1S/C10H4ClF3N4O3/c11-4-1-2-5(15-3-4)6-7(17-18-16-6)8(19)21-9(20)10(12,13)14/h1-3H,(H,16,17,18). The number of alkyl halides is 3. The molecule has 21 heavy (non-hydrogen) atoms. The largest absolute Gasteiger partial charge is 0.491 e. The number of halogens is 4. The summed E-state index contributed by atoms with van der Waals surface area (Å²) in [4.78, 5) is 25.9. The Hall–Kier alpha value is -2.49. The number of hydrogen-bond donors (Lipinski definition) is 1. The van der Waals surface area contributed by atoms with E-state index < -0.39 is 23.8 Å². The van der Waals surface area contributed by atoms with E-state index in [0.29, 0.717) is 5.02 Å². The van der Waals surface area contributed by atoms with Crippen molar-refractivity contribution in [1.29, 1.82) is 0 Å². The fourth-order valence-electron chi connectivity index (χ4n) is 1.26. The number of nitrogens with one attached hydrogen (secondary N) is 1. The Kier molecular flexibility index (Phi) is 3.89. The maximum atomic E-state index is 12.0. The Morgan fingerprint density at radius 2 is 1.95 bits per heavy atom. The van der Waals surface area contributed by atoms with Crippen LogP contribution in [0.3, 0.4) is 0 Å². The minimum absolute atomic E-state index is 0.111. The van der Waals surface area contributed by atoms with Crippen molar-refractivity contribution >= 4 is 23.5 Å². The molecule has 110 valence electrons. The molecule has 11 heteroatoms. The van der Waals surface area contributed by atoms with Gasteiger partial charge in [0.15, 0.2) is 5.69 Å². The molecule has 2 aromatic heterocycles. The van der Waals surface area contributed by atoms with Crippen molar-refractivity contribution in [2.45, 2.75) is 6.18 Å². The van der Waals surface area contributed by atoms with Crippen molar-refractivity contribution in [2.75, 3.05) is 0 Å². The van der Waals surface area contributed by atoms with Crippen molar-refractivity contribution < 1.29 is 27.5 Å². The van der Waals surface area contributed by atoms with Crippen LogP contribution in [-0.2, 0) is 9.53 Å². The third-order valence-electron chi connectivity index (χ3n) is 2.13. The lowest BCUT2D eigenvalue weighted by molar-refractivity contribution is -0.193. The highest BCUT2D eigenvalue weighted by Crippen LogP contribution is 2.21. The summed E-state index contributed by atoms with van der Waals surface area (Å²) in [6, 6.07) is 2.79. The molecule has 0 aliphatic rings. The number of esters is 2. The Morgan fingerprint density at radius 3 is 2.52 bits per heavy atom. The highest BCUT2D eigenvalue weighted by atomic mass is 35.5. The summed E-state index contributed by atoms with van der Waals surface area (Å²) in [5, 5.41) is 9.26. The van der Waals surface area contributed by atoms with Gasteiger partial charge in [-0.05, 0) is 12.1 Å². The second-order valence-electron chi connectivity index (χ2n) is 3.56. The summed E-state index contributed by atoms with van der Waals surface area (Å²) in [5.74, 6) is -4.25. The molecule has 0 bridgehead atoms. The first-order valence-corrected chi connectivity index (χ1v) is 5.53. The molecule has 0 amide bonds. The molecule has 0 radical (unpaired) electrons. The molecule has 0 spiro atoms. The SMILES string of the molecule is O=C(OC(=O)C(F)(F)F)c1n[nH]nc1-c1ccc(Cl)cn1. The van der Waals surface area contributed by atoms with Gasteiger partial charge in [0.05, 0.1) is 10.7 Å². The van der Waals surface area contributed by atoms with E-state index in [1.807, 2.05) is 5.21 Å². The normalized spacial score (nSPS) is 11.2. The zero-order chi connectivity index (χ0) is 15.6. The molecule has 0 saturated heterocycles. The van der Waals surface area contributed by atoms with Gasteiger partial charge in [-0.2, -0.15) is 23.5 Å². The van der Waals surface area contributed by atoms with Gasteiger partial charge >= 0.3 is 18.1 Å². The van der Waals surface area contributed by atoms with Crippen LogP contribution < -0.4 is 0 Å². The van der Waals surface area contributed by atoms with E-state index in [2.05, 4.69) is 19.9 Å². The van der Waals surface area contributed by atoms with Crippen LogP contribution in [0.1, 0.15) is 10.5 Å². The molecule has 2 rings (SSSR count). The Morgan fingerprint density at radius 1 is 1.24 bits per heavy atom. The fraction of sp³-hybridized carbons (Fsp3) is 0.100. The van der Waals surface area contributed by atoms with Gasteiger partial charge < -0.3 is 4.74 Å². The first kappa shape index (κ1) is 14.9. The second-order valence-corrected chi connectivity index (χ2v) is 3.99. The molecule has 0 aromatic carbocycles. The predicted molar refractivity (Wildman–Crippen MR) is 61.1 cm³/mol. The molecule has 0 saturated carbocycles. The molecule has 0 aliphatic carbocycles. The van der Waals surface area contributed by atoms with Crippen molar-refractivity contribution in [3.05, 3.63) is 29.0 Å². The fourth-order valence-corrected chi connectivity index (χ4v) is 1.37. The second kappa shape index (κ2) is 5.48. The summed E-state index contributed by atoms with van der Waals surface area (Å²) in [6.07, 6.45) is -4.06. The van der Waals surface area contributed by atoms with Crippen LogP contribution in [0, 0.1) is 0 Å². The lowest BCUT2D eigenvalue weighted by atomic mass is 10.2. The average Bonchev–Trinajstić information content (AvgIpc) is 2.87. The molecule has 0 fully saturated rings. The van der Waals surface area contributed by atoms with Gasteiger partial charge in [-0.3, -0.25) is 4.98 Å². The van der Waals surface area contributed by atoms with E-state index in [9.17, 15) is 22.8 Å². The smallest absolute Gasteiger partial charge is 0.381 e. The number of ether oxygens (including phenoxy) is 1. The third-order valence-corrected chi connectivity index (χ3v) is 2.35. The van der Waals surface area contributed by atoms with E-state index in [-0.39, 0.29) is 11.4 Å². The minimum atomic E-state index is -5.29. The highest BCUT2D eigenvalue weighted by Gasteiger charge is 2.43. The van der Waals surface area contributed by atoms with Crippen LogP contribution in [-0.4, -0.2) is 38.5 Å². The van der Waals surface area contributed by atoms with Crippen molar-refractivity contribution in [1.82, 2.24) is 20.4 Å². The van der Waals surface area contributed by atoms with E-state index >= 15 is 0 Å². The molecule has 2 aromatic rings.